The van der Waals surface area contributed by atoms with Crippen molar-refractivity contribution in [3.05, 3.63) is 12.7 Å². The molecule has 3 heterocycles. The molecule has 4 rings (SSSR count). The van der Waals surface area contributed by atoms with Crippen LogP contribution >= 0.6 is 0 Å². The number of unbranched alkanes of at least 4 members (excludes halogenated alkanes) is 1. The van der Waals surface area contributed by atoms with Gasteiger partial charge in [0.1, 0.15) is 29.2 Å². The van der Waals surface area contributed by atoms with Gasteiger partial charge in [-0.3, -0.25) is 0 Å². The molecule has 1 aliphatic heterocycles. The summed E-state index contributed by atoms with van der Waals surface area (Å²) in [6.45, 7) is 19.2. The summed E-state index contributed by atoms with van der Waals surface area (Å²) in [7, 11) is 0. The zero-order chi connectivity index (χ0) is 36.5. The molecule has 1 aliphatic carbocycles. The average Bonchev–Trinajstić information content (AvgIpc) is 3.58. The predicted octanol–water partition coefficient (Wildman–Crippen LogP) is 6.03. The largest absolute Gasteiger partial charge is 0.444 e. The number of ether oxygens (including phenoxy) is 5. The third kappa shape index (κ3) is 10.0. The summed E-state index contributed by atoms with van der Waals surface area (Å²) in [6.07, 6.45) is 3.72. The van der Waals surface area contributed by atoms with E-state index >= 15 is 0 Å². The van der Waals surface area contributed by atoms with Gasteiger partial charge in [0, 0.05) is 0 Å². The van der Waals surface area contributed by atoms with Gasteiger partial charge in [-0.2, -0.15) is 4.90 Å². The molecule has 15 heteroatoms. The Morgan fingerprint density at radius 2 is 1.53 bits per heavy atom. The molecular weight excluding hydrogens is 636 g/mol. The lowest BCUT2D eigenvalue weighted by Crippen LogP contribution is -2.44. The minimum atomic E-state index is -0.948. The van der Waals surface area contributed by atoms with E-state index in [0.29, 0.717) is 18.5 Å². The fourth-order valence-electron chi connectivity index (χ4n) is 6.20. The van der Waals surface area contributed by atoms with Gasteiger partial charge in [-0.05, 0) is 101 Å². The first kappa shape index (κ1) is 38.2. The molecule has 15 nitrogen and oxygen atoms in total. The third-order valence-electron chi connectivity index (χ3n) is 7.93. The van der Waals surface area contributed by atoms with Crippen molar-refractivity contribution in [3.63, 3.8) is 0 Å². The molecule has 3 amide bonds. The Morgan fingerprint density at radius 3 is 2.10 bits per heavy atom. The molecule has 0 bridgehead atoms. The monoisotopic (exact) mass is 690 g/mol. The summed E-state index contributed by atoms with van der Waals surface area (Å²) < 4.78 is 31.2. The van der Waals surface area contributed by atoms with E-state index in [1.807, 2.05) is 18.4 Å². The van der Waals surface area contributed by atoms with Crippen molar-refractivity contribution in [3.8, 4) is 0 Å². The zero-order valence-corrected chi connectivity index (χ0v) is 30.7. The normalized spacial score (nSPS) is 22.8. The minimum absolute atomic E-state index is 0.0549. The van der Waals surface area contributed by atoms with Gasteiger partial charge >= 0.3 is 18.3 Å². The highest BCUT2D eigenvalue weighted by Crippen LogP contribution is 2.49. The van der Waals surface area contributed by atoms with Crippen molar-refractivity contribution in [2.45, 2.75) is 155 Å². The van der Waals surface area contributed by atoms with Crippen LogP contribution in [0, 0.1) is 5.92 Å². The molecule has 2 N–H and O–H groups in total. The Morgan fingerprint density at radius 1 is 0.939 bits per heavy atom. The van der Waals surface area contributed by atoms with Crippen molar-refractivity contribution in [2.75, 3.05) is 11.5 Å². The second-order valence-corrected chi connectivity index (χ2v) is 16.3. The van der Waals surface area contributed by atoms with Gasteiger partial charge in [0.05, 0.1) is 31.1 Å². The Bertz CT molecular complexity index is 1460. The second-order valence-electron chi connectivity index (χ2n) is 16.3. The molecule has 2 fully saturated rings. The lowest BCUT2D eigenvalue weighted by Gasteiger charge is -2.28. The molecule has 2 aromatic heterocycles. The highest BCUT2D eigenvalue weighted by Gasteiger charge is 2.54. The van der Waals surface area contributed by atoms with Crippen LogP contribution in [-0.2, 0) is 23.7 Å². The molecule has 49 heavy (non-hydrogen) atoms. The van der Waals surface area contributed by atoms with Crippen molar-refractivity contribution < 1.29 is 43.2 Å². The quantitative estimate of drug-likeness (QED) is 0.231. The van der Waals surface area contributed by atoms with Gasteiger partial charge in [-0.25, -0.2) is 29.3 Å². The minimum Gasteiger partial charge on any atom is -0.444 e. The first-order valence-corrected chi connectivity index (χ1v) is 17.0. The number of aliphatic hydroxyl groups is 1. The Hall–Kier alpha value is -3.56. The number of aromatic nitrogens is 4. The maximum absolute atomic E-state index is 13.4. The van der Waals surface area contributed by atoms with Crippen LogP contribution in [0.3, 0.4) is 0 Å². The van der Waals surface area contributed by atoms with E-state index in [9.17, 15) is 19.5 Å². The van der Waals surface area contributed by atoms with Gasteiger partial charge < -0.3 is 38.7 Å². The Labute approximate surface area is 288 Å². The summed E-state index contributed by atoms with van der Waals surface area (Å²) in [4.78, 5) is 53.1. The lowest BCUT2D eigenvalue weighted by atomic mass is 9.96. The number of rotatable bonds is 9. The highest BCUT2D eigenvalue weighted by atomic mass is 16.8. The first-order chi connectivity index (χ1) is 22.6. The Balaban J connectivity index is 1.54. The van der Waals surface area contributed by atoms with Gasteiger partial charge in [0.15, 0.2) is 22.8 Å². The van der Waals surface area contributed by atoms with Crippen LogP contribution in [0.4, 0.5) is 20.2 Å². The summed E-state index contributed by atoms with van der Waals surface area (Å²) in [5.41, 5.74) is -1.77. The average molecular weight is 691 g/mol. The van der Waals surface area contributed by atoms with Crippen molar-refractivity contribution >= 4 is 35.3 Å². The SMILES string of the molecule is CC(C)(C)OC(=O)N[C@H](CO)CCCC[C@H]1C[C@@H](n2cnc3c(N(C(=O)OC(C)(C)C)C(=O)OC(C)(C)C)ncnc32)[C@@H]2OC(C)(C)O[C@H]12. The number of imidazole rings is 1. The van der Waals surface area contributed by atoms with E-state index in [2.05, 4.69) is 20.3 Å². The number of amides is 3. The number of aliphatic hydroxyl groups excluding tert-OH is 1. The van der Waals surface area contributed by atoms with Crippen LogP contribution in [0.2, 0.25) is 0 Å². The topological polar surface area (TPSA) is 176 Å². The number of nitrogens with zero attached hydrogens (tertiary/aromatic N) is 5. The highest BCUT2D eigenvalue weighted by molar-refractivity contribution is 6.12. The summed E-state index contributed by atoms with van der Waals surface area (Å²) in [6, 6.07) is -0.615. The fraction of sp³-hybridized carbons (Fsp3) is 0.765. The molecule has 1 saturated heterocycles. The van der Waals surface area contributed by atoms with Crippen molar-refractivity contribution in [2.24, 2.45) is 5.92 Å². The van der Waals surface area contributed by atoms with E-state index < -0.39 is 46.9 Å². The fourth-order valence-corrected chi connectivity index (χ4v) is 6.20. The van der Waals surface area contributed by atoms with Crippen LogP contribution in [0.25, 0.3) is 11.2 Å². The molecule has 5 atom stereocenters. The number of anilines is 1. The van der Waals surface area contributed by atoms with Crippen LogP contribution in [0.1, 0.15) is 114 Å². The zero-order valence-electron chi connectivity index (χ0n) is 30.7. The number of carbonyl (C=O) groups is 3. The molecule has 1 saturated carbocycles. The van der Waals surface area contributed by atoms with Crippen LogP contribution in [-0.4, -0.2) is 90.4 Å². The number of fused-ring (bicyclic) bond motifs is 2. The summed E-state index contributed by atoms with van der Waals surface area (Å²) in [5, 5.41) is 12.6. The lowest BCUT2D eigenvalue weighted by molar-refractivity contribution is -0.160. The van der Waals surface area contributed by atoms with E-state index in [1.165, 1.54) is 6.33 Å². The number of alkyl carbamates (subject to hydrolysis) is 1. The van der Waals surface area contributed by atoms with Gasteiger partial charge in [-0.15, -0.1) is 0 Å². The number of hydrogen-bond acceptors (Lipinski definition) is 12. The van der Waals surface area contributed by atoms with Gasteiger partial charge in [0.25, 0.3) is 0 Å². The van der Waals surface area contributed by atoms with Gasteiger partial charge in [0.2, 0.25) is 0 Å². The van der Waals surface area contributed by atoms with E-state index in [4.69, 9.17) is 23.7 Å². The van der Waals surface area contributed by atoms with Crippen LogP contribution in [0.5, 0.6) is 0 Å². The molecule has 274 valence electrons. The molecule has 2 aromatic rings. The number of imide groups is 1. The number of nitrogens with one attached hydrogen (secondary N) is 1. The van der Waals surface area contributed by atoms with Crippen molar-refractivity contribution in [1.82, 2.24) is 24.8 Å². The molecule has 2 aliphatic rings. The first-order valence-electron chi connectivity index (χ1n) is 17.0. The molecule has 0 aromatic carbocycles. The molecule has 0 unspecified atom stereocenters. The molecule has 0 radical (unpaired) electrons. The summed E-state index contributed by atoms with van der Waals surface area (Å²) >= 11 is 0. The van der Waals surface area contributed by atoms with Crippen LogP contribution < -0.4 is 10.2 Å². The van der Waals surface area contributed by atoms with Gasteiger partial charge in [-0.1, -0.05) is 12.8 Å². The Kier molecular flexibility index (Phi) is 11.2. The summed E-state index contributed by atoms with van der Waals surface area (Å²) in [5.74, 6) is -0.713. The van der Waals surface area contributed by atoms with E-state index in [0.717, 1.165) is 24.2 Å². The van der Waals surface area contributed by atoms with E-state index in [-0.39, 0.29) is 42.1 Å². The number of carbonyl (C=O) groups excluding carboxylic acids is 3. The number of hydrogen-bond donors (Lipinski definition) is 2. The van der Waals surface area contributed by atoms with E-state index in [1.54, 1.807) is 68.6 Å². The maximum atomic E-state index is 13.4. The second kappa shape index (κ2) is 14.4. The van der Waals surface area contributed by atoms with Crippen LogP contribution in [0.15, 0.2) is 12.7 Å². The molecular formula is C34H54N6O9. The third-order valence-corrected chi connectivity index (χ3v) is 7.93. The predicted molar refractivity (Wildman–Crippen MR) is 180 cm³/mol. The smallest absolute Gasteiger partial charge is 0.425 e. The van der Waals surface area contributed by atoms with Crippen molar-refractivity contribution in [1.29, 1.82) is 0 Å². The maximum Gasteiger partial charge on any atom is 0.425 e. The standard InChI is InChI=1S/C34H54N6O9/c1-31(2,3)47-28(42)38-21(17-41)15-13-12-14-20-16-22(25-24(20)45-34(10,11)46-25)39-19-37-23-26(39)35-18-36-27(23)40(29(43)48-32(4,5)6)30(44)49-33(7,8)9/h18-22,24-25,41H,12-17H2,1-11H3,(H,38,42)/t20-,21-,22+,24+,25-/m0/s1. The molecule has 0 spiro atoms.